The van der Waals surface area contributed by atoms with Gasteiger partial charge in [0.05, 0.1) is 12.4 Å². The summed E-state index contributed by atoms with van der Waals surface area (Å²) in [7, 11) is 1.84. The van der Waals surface area contributed by atoms with Crippen LogP contribution in [-0.2, 0) is 7.05 Å². The van der Waals surface area contributed by atoms with Gasteiger partial charge in [0.25, 0.3) is 5.91 Å². The van der Waals surface area contributed by atoms with E-state index in [-0.39, 0.29) is 17.8 Å². The molecular weight excluding hydrogens is 269 g/mol. The van der Waals surface area contributed by atoms with Crippen LogP contribution in [0.3, 0.4) is 0 Å². The fourth-order valence-electron chi connectivity index (χ4n) is 2.88. The van der Waals surface area contributed by atoms with Gasteiger partial charge in [0, 0.05) is 19.8 Å². The molecule has 5 heteroatoms. The number of likely N-dealkylation sites (tertiary alicyclic amines) is 1. The van der Waals surface area contributed by atoms with E-state index in [2.05, 4.69) is 4.98 Å². The van der Waals surface area contributed by atoms with Gasteiger partial charge in [0.1, 0.15) is 11.5 Å². The maximum Gasteiger partial charge on any atom is 0.274 e. The largest absolute Gasteiger partial charge is 0.340 e. The van der Waals surface area contributed by atoms with Crippen molar-refractivity contribution < 1.29 is 9.18 Å². The minimum atomic E-state index is -0.253. The summed E-state index contributed by atoms with van der Waals surface area (Å²) in [6, 6.07) is 6.45. The number of rotatable bonds is 2. The summed E-state index contributed by atoms with van der Waals surface area (Å²) >= 11 is 0. The van der Waals surface area contributed by atoms with E-state index in [0.717, 1.165) is 31.4 Å². The van der Waals surface area contributed by atoms with Gasteiger partial charge in [-0.25, -0.2) is 9.37 Å². The van der Waals surface area contributed by atoms with Gasteiger partial charge < -0.3 is 9.47 Å². The van der Waals surface area contributed by atoms with Crippen molar-refractivity contribution in [1.29, 1.82) is 0 Å². The molecule has 1 aliphatic heterocycles. The van der Waals surface area contributed by atoms with Crippen LogP contribution in [0.2, 0.25) is 0 Å². The van der Waals surface area contributed by atoms with Gasteiger partial charge >= 0.3 is 0 Å². The Bertz CT molecular complexity index is 635. The van der Waals surface area contributed by atoms with Gasteiger partial charge in [0.2, 0.25) is 0 Å². The third-order valence-electron chi connectivity index (χ3n) is 3.94. The number of carbonyl (C=O) groups excluding carboxylic acids is 1. The molecule has 0 N–H and O–H groups in total. The third kappa shape index (κ3) is 2.82. The van der Waals surface area contributed by atoms with Gasteiger partial charge in [-0.05, 0) is 37.0 Å². The van der Waals surface area contributed by atoms with E-state index in [4.69, 9.17) is 0 Å². The lowest BCUT2D eigenvalue weighted by Gasteiger charge is -2.35. The number of aryl methyl sites for hydroxylation is 1. The highest BCUT2D eigenvalue weighted by molar-refractivity contribution is 5.92. The highest BCUT2D eigenvalue weighted by Crippen LogP contribution is 2.31. The van der Waals surface area contributed by atoms with Crippen LogP contribution in [-0.4, -0.2) is 26.9 Å². The van der Waals surface area contributed by atoms with Crippen LogP contribution in [0.25, 0.3) is 0 Å². The number of hydrogen-bond acceptors (Lipinski definition) is 2. The van der Waals surface area contributed by atoms with E-state index in [0.29, 0.717) is 5.69 Å². The smallest absolute Gasteiger partial charge is 0.274 e. The molecule has 21 heavy (non-hydrogen) atoms. The van der Waals surface area contributed by atoms with Crippen molar-refractivity contribution in [2.75, 3.05) is 6.54 Å². The van der Waals surface area contributed by atoms with Crippen molar-refractivity contribution in [1.82, 2.24) is 14.5 Å². The second kappa shape index (κ2) is 5.68. The first kappa shape index (κ1) is 13.8. The second-order valence-electron chi connectivity index (χ2n) is 5.49. The highest BCUT2D eigenvalue weighted by Gasteiger charge is 2.29. The maximum atomic E-state index is 13.1. The third-order valence-corrected chi connectivity index (χ3v) is 3.94. The molecule has 1 atom stereocenters. The molecule has 4 nitrogen and oxygen atoms in total. The molecule has 0 radical (unpaired) electrons. The second-order valence-corrected chi connectivity index (χ2v) is 5.49. The number of halogens is 1. The average molecular weight is 287 g/mol. The molecule has 1 aromatic heterocycles. The van der Waals surface area contributed by atoms with E-state index in [9.17, 15) is 9.18 Å². The molecule has 1 amide bonds. The van der Waals surface area contributed by atoms with Crippen LogP contribution in [0, 0.1) is 5.82 Å². The zero-order valence-electron chi connectivity index (χ0n) is 12.0. The Labute approximate surface area is 123 Å². The first-order valence-electron chi connectivity index (χ1n) is 7.19. The normalized spacial score (nSPS) is 18.8. The lowest BCUT2D eigenvalue weighted by atomic mass is 9.95. The molecule has 110 valence electrons. The molecule has 0 aliphatic carbocycles. The number of hydrogen-bond donors (Lipinski definition) is 0. The molecule has 3 rings (SSSR count). The Morgan fingerprint density at radius 1 is 1.29 bits per heavy atom. The van der Waals surface area contributed by atoms with Crippen molar-refractivity contribution in [2.24, 2.45) is 7.05 Å². The zero-order valence-corrected chi connectivity index (χ0v) is 12.0. The van der Waals surface area contributed by atoms with Crippen LogP contribution >= 0.6 is 0 Å². The number of imidazole rings is 1. The molecular formula is C16H18FN3O. The quantitative estimate of drug-likeness (QED) is 0.851. The maximum absolute atomic E-state index is 13.1. The Balaban J connectivity index is 1.87. The first-order valence-corrected chi connectivity index (χ1v) is 7.19. The van der Waals surface area contributed by atoms with Gasteiger partial charge in [0.15, 0.2) is 0 Å². The average Bonchev–Trinajstić information content (AvgIpc) is 2.94. The van der Waals surface area contributed by atoms with Crippen molar-refractivity contribution in [3.63, 3.8) is 0 Å². The van der Waals surface area contributed by atoms with Crippen molar-refractivity contribution in [2.45, 2.75) is 25.3 Å². The van der Waals surface area contributed by atoms with Gasteiger partial charge in [-0.1, -0.05) is 12.1 Å². The lowest BCUT2D eigenvalue weighted by molar-refractivity contribution is 0.0606. The predicted molar refractivity (Wildman–Crippen MR) is 77.2 cm³/mol. The Kier molecular flexibility index (Phi) is 3.73. The molecule has 1 aliphatic rings. The zero-order chi connectivity index (χ0) is 14.8. The lowest BCUT2D eigenvalue weighted by Crippen LogP contribution is -2.38. The molecule has 0 bridgehead atoms. The molecule has 1 saturated heterocycles. The highest BCUT2D eigenvalue weighted by atomic mass is 19.1. The summed E-state index contributed by atoms with van der Waals surface area (Å²) in [5, 5.41) is 0. The van der Waals surface area contributed by atoms with Gasteiger partial charge in [-0.15, -0.1) is 0 Å². The van der Waals surface area contributed by atoms with E-state index in [1.165, 1.54) is 12.1 Å². The van der Waals surface area contributed by atoms with Gasteiger partial charge in [-0.3, -0.25) is 4.79 Å². The fraction of sp³-hybridized carbons (Fsp3) is 0.375. The van der Waals surface area contributed by atoms with Crippen LogP contribution in [0.4, 0.5) is 4.39 Å². The fourth-order valence-corrected chi connectivity index (χ4v) is 2.88. The SMILES string of the molecule is Cn1cnc(C(=O)N2CCCC[C@@H]2c2ccc(F)cc2)c1. The number of nitrogens with zero attached hydrogens (tertiary/aromatic N) is 3. The minimum absolute atomic E-state index is 0.00820. The molecule has 2 heterocycles. The number of piperidine rings is 1. The summed E-state index contributed by atoms with van der Waals surface area (Å²) in [6.07, 6.45) is 6.34. The number of amides is 1. The van der Waals surface area contributed by atoms with Crippen molar-refractivity contribution in [3.05, 3.63) is 53.9 Å². The van der Waals surface area contributed by atoms with Crippen LogP contribution in [0.15, 0.2) is 36.8 Å². The van der Waals surface area contributed by atoms with E-state index >= 15 is 0 Å². The van der Waals surface area contributed by atoms with Crippen molar-refractivity contribution in [3.8, 4) is 0 Å². The minimum Gasteiger partial charge on any atom is -0.340 e. The summed E-state index contributed by atoms with van der Waals surface area (Å²) < 4.78 is 14.9. The summed E-state index contributed by atoms with van der Waals surface area (Å²) in [6.45, 7) is 0.720. The predicted octanol–water partition coefficient (Wildman–Crippen LogP) is 2.93. The summed E-state index contributed by atoms with van der Waals surface area (Å²) in [4.78, 5) is 18.6. The Morgan fingerprint density at radius 3 is 2.71 bits per heavy atom. The molecule has 1 fully saturated rings. The Morgan fingerprint density at radius 2 is 2.05 bits per heavy atom. The first-order chi connectivity index (χ1) is 10.1. The topological polar surface area (TPSA) is 38.1 Å². The van der Waals surface area contributed by atoms with Crippen LogP contribution in [0.5, 0.6) is 0 Å². The number of carbonyl (C=O) groups is 1. The molecule has 0 unspecified atom stereocenters. The van der Waals surface area contributed by atoms with Gasteiger partial charge in [-0.2, -0.15) is 0 Å². The summed E-state index contributed by atoms with van der Waals surface area (Å²) in [5.41, 5.74) is 1.45. The van der Waals surface area contributed by atoms with Crippen LogP contribution in [0.1, 0.15) is 41.4 Å². The number of aromatic nitrogens is 2. The van der Waals surface area contributed by atoms with E-state index in [1.54, 1.807) is 29.2 Å². The standard InChI is InChI=1S/C16H18FN3O/c1-19-10-14(18-11-19)16(21)20-9-3-2-4-15(20)12-5-7-13(17)8-6-12/h5-8,10-11,15H,2-4,9H2,1H3/t15-/m1/s1. The van der Waals surface area contributed by atoms with E-state index < -0.39 is 0 Å². The molecule has 0 spiro atoms. The Hall–Kier alpha value is -2.17. The van der Waals surface area contributed by atoms with E-state index in [1.807, 2.05) is 11.9 Å². The number of benzene rings is 1. The monoisotopic (exact) mass is 287 g/mol. The van der Waals surface area contributed by atoms with Crippen molar-refractivity contribution >= 4 is 5.91 Å². The van der Waals surface area contributed by atoms with Crippen LogP contribution < -0.4 is 0 Å². The molecule has 1 aromatic carbocycles. The molecule has 0 saturated carbocycles. The summed E-state index contributed by atoms with van der Waals surface area (Å²) in [5.74, 6) is -0.304. The molecule has 2 aromatic rings.